The Morgan fingerprint density at radius 3 is 1.69 bits per heavy atom. The maximum absolute atomic E-state index is 12.3. The molecule has 0 aromatic rings. The molecule has 3 saturated carbocycles. The molecule has 0 bridgehead atoms. The van der Waals surface area contributed by atoms with Gasteiger partial charge >= 0.3 is 0 Å². The van der Waals surface area contributed by atoms with E-state index in [1.54, 1.807) is 7.11 Å². The minimum absolute atomic E-state index is 0.0105. The number of hydrogen-bond acceptors (Lipinski definition) is 27. The van der Waals surface area contributed by atoms with Crippen molar-refractivity contribution in [2.24, 2.45) is 46.3 Å². The van der Waals surface area contributed by atoms with Crippen molar-refractivity contribution in [3.8, 4) is 0 Å². The zero-order valence-corrected chi connectivity index (χ0v) is 49.4. The first-order chi connectivity index (χ1) is 40.2. The quantitative estimate of drug-likeness (QED) is 0.0592. The van der Waals surface area contributed by atoms with E-state index in [4.69, 9.17) is 56.8 Å². The maximum Gasteiger partial charge on any atom is 0.187 e. The Kier molecular flexibility index (Phi) is 20.6. The van der Waals surface area contributed by atoms with Crippen LogP contribution in [0.25, 0.3) is 0 Å². The van der Waals surface area contributed by atoms with Gasteiger partial charge < -0.3 is 133 Å². The van der Waals surface area contributed by atoms with Crippen LogP contribution in [-0.4, -0.2) is 282 Å². The highest BCUT2D eigenvalue weighted by Gasteiger charge is 2.69. The molecular weight excluding hydrogens is 1130 g/mol. The third-order valence-electron chi connectivity index (χ3n) is 21.9. The molecule has 0 unspecified atom stereocenters. The lowest BCUT2D eigenvalue weighted by atomic mass is 9.47. The lowest BCUT2D eigenvalue weighted by molar-refractivity contribution is -0.395. The number of hydrogen-bond donors (Lipinski definition) is 15. The fourth-order valence-corrected chi connectivity index (χ4v) is 16.7. The fourth-order valence-electron chi connectivity index (χ4n) is 16.7. The van der Waals surface area contributed by atoms with E-state index in [0.717, 1.165) is 32.1 Å². The van der Waals surface area contributed by atoms with Gasteiger partial charge in [0.15, 0.2) is 37.2 Å². The van der Waals surface area contributed by atoms with Crippen LogP contribution in [0, 0.1) is 46.3 Å². The van der Waals surface area contributed by atoms with Crippen LogP contribution in [0.1, 0.15) is 99.3 Å². The lowest BCUT2D eigenvalue weighted by Gasteiger charge is -2.58. The van der Waals surface area contributed by atoms with Crippen molar-refractivity contribution in [1.29, 1.82) is 0 Å². The first-order valence-electron chi connectivity index (χ1n) is 30.7. The molecular formula is C58H96O27. The average molecular weight is 1230 g/mol. The van der Waals surface area contributed by atoms with Crippen LogP contribution in [0.15, 0.2) is 11.6 Å². The predicted octanol–water partition coefficient (Wildman–Crippen LogP) is -3.50. The number of aliphatic hydroxyl groups is 15. The first-order valence-corrected chi connectivity index (χ1v) is 30.7. The van der Waals surface area contributed by atoms with E-state index in [0.29, 0.717) is 43.4 Å². The first kappa shape index (κ1) is 66.6. The Hall–Kier alpha value is -1.34. The number of fused-ring (bicyclic) bond motifs is 7. The summed E-state index contributed by atoms with van der Waals surface area (Å²) in [6.45, 7) is 9.92. The van der Waals surface area contributed by atoms with Crippen LogP contribution in [0.5, 0.6) is 0 Å². The Morgan fingerprint density at radius 2 is 1.09 bits per heavy atom. The predicted molar refractivity (Wildman–Crippen MR) is 286 cm³/mol. The SMILES string of the molecule is CO[C@]1(CC[C@@H](C)CO[C@@H]2O[C@H](CO)[C@@H](O)[C@H](O)[C@H]2O)O[C@H]2C[C@H]3[C@@H]4CC=C5C[C@@H](O[C@@H]6O[C@H](CO)[C@@H](O[C@@H]7O[C@H](CO)[C@@H](O[C@@H]8O[C@@H](C)[C@H](O)[C@@H](O)[C@H]8O)[C@H](O)[C@H]7O)[C@H](O)[C@H]6O[C@@H]6O[C@@H](C)[C@H](O)[C@@H](O)[C@H]6O)CC[C@]5(C)[C@H]4CC[C@]3(C)[C@H]2[C@@H]1C. The van der Waals surface area contributed by atoms with Gasteiger partial charge in [-0.1, -0.05) is 39.3 Å². The van der Waals surface area contributed by atoms with Crippen LogP contribution in [-0.2, 0) is 56.8 Å². The monoisotopic (exact) mass is 1220 g/mol. The van der Waals surface area contributed by atoms with Gasteiger partial charge in [0.2, 0.25) is 0 Å². The van der Waals surface area contributed by atoms with E-state index in [1.165, 1.54) is 19.4 Å². The van der Waals surface area contributed by atoms with Gasteiger partial charge in [-0.25, -0.2) is 0 Å². The molecule has 0 aromatic heterocycles. The average Bonchev–Trinajstić information content (AvgIpc) is 1.81. The number of aliphatic hydroxyl groups excluding tert-OH is 15. The molecule has 15 N–H and O–H groups in total. The highest BCUT2D eigenvalue weighted by atomic mass is 16.8. The highest BCUT2D eigenvalue weighted by molar-refractivity contribution is 5.26. The summed E-state index contributed by atoms with van der Waals surface area (Å²) in [5.41, 5.74) is 1.05. The number of allylic oxidation sites excluding steroid dienone is 1. The van der Waals surface area contributed by atoms with Crippen LogP contribution in [0.3, 0.4) is 0 Å². The van der Waals surface area contributed by atoms with Gasteiger partial charge in [0, 0.05) is 19.4 Å². The Morgan fingerprint density at radius 1 is 0.565 bits per heavy atom. The van der Waals surface area contributed by atoms with Crippen LogP contribution >= 0.6 is 0 Å². The van der Waals surface area contributed by atoms with Gasteiger partial charge in [-0.05, 0) is 106 Å². The van der Waals surface area contributed by atoms with Gasteiger partial charge in [0.1, 0.15) is 110 Å². The second-order valence-electron chi connectivity index (χ2n) is 26.8. The molecule has 4 aliphatic carbocycles. The lowest BCUT2D eigenvalue weighted by Crippen LogP contribution is -2.67. The van der Waals surface area contributed by atoms with Crippen molar-refractivity contribution in [2.45, 2.75) is 271 Å². The van der Waals surface area contributed by atoms with E-state index in [2.05, 4.69) is 26.8 Å². The molecule has 6 saturated heterocycles. The summed E-state index contributed by atoms with van der Waals surface area (Å²) in [6, 6.07) is 0. The molecule has 10 aliphatic rings. The highest BCUT2D eigenvalue weighted by Crippen LogP contribution is 2.70. The molecule has 0 spiro atoms. The van der Waals surface area contributed by atoms with Crippen molar-refractivity contribution in [3.05, 3.63) is 11.6 Å². The Balaban J connectivity index is 0.797. The molecule has 0 amide bonds. The van der Waals surface area contributed by atoms with E-state index in [-0.39, 0.29) is 41.3 Å². The largest absolute Gasteiger partial charge is 0.394 e. The van der Waals surface area contributed by atoms with Crippen molar-refractivity contribution in [1.82, 2.24) is 0 Å². The molecule has 36 atom stereocenters. The molecule has 6 heterocycles. The van der Waals surface area contributed by atoms with Gasteiger partial charge in [-0.3, -0.25) is 0 Å². The fraction of sp³-hybridized carbons (Fsp3) is 0.966. The minimum atomic E-state index is -1.99. The molecule has 490 valence electrons. The summed E-state index contributed by atoms with van der Waals surface area (Å²) < 4.78 is 73.3. The topological polar surface area (TPSA) is 414 Å². The van der Waals surface area contributed by atoms with E-state index in [9.17, 15) is 76.6 Å². The second kappa shape index (κ2) is 26.3. The van der Waals surface area contributed by atoms with Crippen molar-refractivity contribution >= 4 is 0 Å². The van der Waals surface area contributed by atoms with Crippen LogP contribution < -0.4 is 0 Å². The molecule has 0 radical (unpaired) electrons. The standard InChI is InChI=1S/C58H96O27/c1-22(21-75-51-43(69)41(67)38(64)32(18-59)79-51)10-15-58(74-7)23(2)35-31(85-58)17-30-28-9-8-26-16-27(11-13-56(26,5)29(28)12-14-57(30,35)6)78-55-50(84-53-45(71)40(66)37(63)25(4)77-53)47(73)49(34(20-61)81-55)83-54-46(72)42(68)48(33(19-60)80-54)82-52-44(70)39(65)36(62)24(3)76-52/h8,22-25,27-55,59-73H,9-21H2,1-7H3/t22-,23+,24+,25+,27+,28-,29+,30+,31+,32-,33-,34-,35+,36+,37+,38-,39-,40-,41+,42-,43-,44-,45-,46-,47+,48-,49-,50-,51-,52+,53+,54+,55-,56+,57+,58-/m1/s1. The summed E-state index contributed by atoms with van der Waals surface area (Å²) >= 11 is 0. The molecule has 27 nitrogen and oxygen atoms in total. The summed E-state index contributed by atoms with van der Waals surface area (Å²) in [4.78, 5) is 0. The normalized spacial score (nSPS) is 54.8. The third-order valence-corrected chi connectivity index (χ3v) is 21.9. The van der Waals surface area contributed by atoms with Crippen molar-refractivity contribution < 1.29 is 133 Å². The zero-order chi connectivity index (χ0) is 61.5. The Labute approximate surface area is 494 Å². The Bertz CT molecular complexity index is 2240. The summed E-state index contributed by atoms with van der Waals surface area (Å²) in [7, 11) is 1.70. The van der Waals surface area contributed by atoms with Crippen molar-refractivity contribution in [3.63, 3.8) is 0 Å². The molecule has 85 heavy (non-hydrogen) atoms. The summed E-state index contributed by atoms with van der Waals surface area (Å²) in [5, 5.41) is 161. The van der Waals surface area contributed by atoms with Crippen LogP contribution in [0.4, 0.5) is 0 Å². The van der Waals surface area contributed by atoms with Gasteiger partial charge in [0.05, 0.1) is 50.8 Å². The van der Waals surface area contributed by atoms with E-state index in [1.807, 2.05) is 6.92 Å². The second-order valence-corrected chi connectivity index (χ2v) is 26.8. The van der Waals surface area contributed by atoms with Crippen molar-refractivity contribution in [2.75, 3.05) is 33.5 Å². The molecule has 10 rings (SSSR count). The smallest absolute Gasteiger partial charge is 0.187 e. The van der Waals surface area contributed by atoms with Crippen LogP contribution in [0.2, 0.25) is 0 Å². The number of methoxy groups -OCH3 is 1. The number of ether oxygens (including phenoxy) is 12. The third kappa shape index (κ3) is 12.1. The zero-order valence-electron chi connectivity index (χ0n) is 49.4. The summed E-state index contributed by atoms with van der Waals surface area (Å²) in [6.07, 6.45) is -30.2. The van der Waals surface area contributed by atoms with E-state index >= 15 is 0 Å². The molecule has 6 aliphatic heterocycles. The molecule has 27 heteroatoms. The maximum atomic E-state index is 12.3. The van der Waals surface area contributed by atoms with Gasteiger partial charge in [-0.2, -0.15) is 0 Å². The van der Waals surface area contributed by atoms with Gasteiger partial charge in [-0.15, -0.1) is 0 Å². The van der Waals surface area contributed by atoms with E-state index < -0.39 is 185 Å². The van der Waals surface area contributed by atoms with Gasteiger partial charge in [0.25, 0.3) is 0 Å². The minimum Gasteiger partial charge on any atom is -0.394 e. The molecule has 0 aromatic carbocycles. The molecule has 9 fully saturated rings. The number of rotatable bonds is 18. The summed E-state index contributed by atoms with van der Waals surface area (Å²) in [5.74, 6) is 0.630.